The van der Waals surface area contributed by atoms with Gasteiger partial charge in [0.05, 0.1) is 16.1 Å². The van der Waals surface area contributed by atoms with Crippen LogP contribution < -0.4 is 4.80 Å². The number of aromatic nitrogens is 1. The molecule has 0 aliphatic carbocycles. The average Bonchev–Trinajstić information content (AvgIpc) is 3.32. The monoisotopic (exact) mass is 421 g/mol. The minimum absolute atomic E-state index is 0.192. The van der Waals surface area contributed by atoms with Crippen LogP contribution >= 0.6 is 22.7 Å². The highest BCUT2D eigenvalue weighted by Gasteiger charge is 2.33. The quantitative estimate of drug-likeness (QED) is 0.653. The highest BCUT2D eigenvalue weighted by Crippen LogP contribution is 2.27. The Hall–Kier alpha value is -1.81. The van der Waals surface area contributed by atoms with E-state index >= 15 is 0 Å². The van der Waals surface area contributed by atoms with Crippen molar-refractivity contribution in [3.05, 3.63) is 46.6 Å². The summed E-state index contributed by atoms with van der Waals surface area (Å²) in [7, 11) is -1.64. The number of nitrogens with zero attached hydrogens (tertiary/aromatic N) is 3. The number of carbonyl (C=O) groups excluding carboxylic acids is 1. The van der Waals surface area contributed by atoms with E-state index in [1.807, 2.05) is 35.9 Å². The van der Waals surface area contributed by atoms with Crippen LogP contribution in [0.4, 0.5) is 0 Å². The maximum atomic E-state index is 12.8. The fraction of sp³-hybridized carbons (Fsp3) is 0.333. The summed E-state index contributed by atoms with van der Waals surface area (Å²) in [5, 5.41) is 1.75. The molecule has 9 heteroatoms. The van der Waals surface area contributed by atoms with Crippen molar-refractivity contribution >= 4 is 48.8 Å². The molecule has 1 aromatic carbocycles. The number of rotatable bonds is 3. The standard InChI is InChI=1S/C18H19N3O3S3/c1-20-14-7-2-3-8-15(14)26-18(20)19-17(22)13-6-4-10-21(12-13)27(23,24)16-9-5-11-25-16/h2-3,5,7-9,11,13H,4,6,10,12H2,1H3. The molecule has 0 bridgehead atoms. The molecule has 0 spiro atoms. The topological polar surface area (TPSA) is 71.7 Å². The molecule has 6 nitrogen and oxygen atoms in total. The van der Waals surface area contributed by atoms with E-state index in [1.165, 1.54) is 27.0 Å². The molecule has 1 fully saturated rings. The van der Waals surface area contributed by atoms with E-state index in [9.17, 15) is 13.2 Å². The van der Waals surface area contributed by atoms with Gasteiger partial charge in [0.25, 0.3) is 15.9 Å². The molecule has 1 atom stereocenters. The Morgan fingerprint density at radius 3 is 2.78 bits per heavy atom. The van der Waals surface area contributed by atoms with Gasteiger partial charge in [0.15, 0.2) is 4.80 Å². The lowest BCUT2D eigenvalue weighted by molar-refractivity contribution is -0.122. The third kappa shape index (κ3) is 3.52. The van der Waals surface area contributed by atoms with E-state index in [0.717, 1.165) is 10.2 Å². The number of carbonyl (C=O) groups is 1. The molecule has 142 valence electrons. The summed E-state index contributed by atoms with van der Waals surface area (Å²) >= 11 is 2.67. The lowest BCUT2D eigenvalue weighted by atomic mass is 9.99. The second-order valence-electron chi connectivity index (χ2n) is 6.50. The van der Waals surface area contributed by atoms with Crippen LogP contribution in [-0.4, -0.2) is 36.3 Å². The Kier molecular flexibility index (Phi) is 5.02. The van der Waals surface area contributed by atoms with Gasteiger partial charge in [-0.05, 0) is 36.4 Å². The number of para-hydroxylation sites is 1. The first-order chi connectivity index (χ1) is 13.0. The van der Waals surface area contributed by atoms with Crippen molar-refractivity contribution in [3.63, 3.8) is 0 Å². The van der Waals surface area contributed by atoms with Crippen molar-refractivity contribution in [2.45, 2.75) is 17.1 Å². The number of hydrogen-bond donors (Lipinski definition) is 0. The van der Waals surface area contributed by atoms with Crippen LogP contribution in [0, 0.1) is 5.92 Å². The summed E-state index contributed by atoms with van der Waals surface area (Å²) in [5.41, 5.74) is 1.03. The van der Waals surface area contributed by atoms with Gasteiger partial charge in [-0.3, -0.25) is 4.79 Å². The number of amides is 1. The smallest absolute Gasteiger partial charge is 0.252 e. The van der Waals surface area contributed by atoms with E-state index in [4.69, 9.17) is 0 Å². The molecule has 2 aromatic heterocycles. The Morgan fingerprint density at radius 2 is 2.04 bits per heavy atom. The molecular formula is C18H19N3O3S3. The highest BCUT2D eigenvalue weighted by atomic mass is 32.2. The second kappa shape index (κ2) is 7.31. The van der Waals surface area contributed by atoms with Crippen LogP contribution in [0.15, 0.2) is 51.0 Å². The van der Waals surface area contributed by atoms with Crippen molar-refractivity contribution in [2.24, 2.45) is 18.0 Å². The molecular weight excluding hydrogens is 402 g/mol. The SMILES string of the molecule is Cn1c(=NC(=O)C2CCCN(S(=O)(=O)c3cccs3)C2)sc2ccccc21. The number of thiazole rings is 1. The minimum atomic E-state index is -3.53. The van der Waals surface area contributed by atoms with Gasteiger partial charge in [-0.2, -0.15) is 9.30 Å². The average molecular weight is 422 g/mol. The van der Waals surface area contributed by atoms with Crippen LogP contribution in [-0.2, 0) is 21.9 Å². The molecule has 4 rings (SSSR count). The predicted octanol–water partition coefficient (Wildman–Crippen LogP) is 2.83. The number of piperidine rings is 1. The Morgan fingerprint density at radius 1 is 1.22 bits per heavy atom. The van der Waals surface area contributed by atoms with Crippen LogP contribution in [0.1, 0.15) is 12.8 Å². The van der Waals surface area contributed by atoms with E-state index in [-0.39, 0.29) is 12.5 Å². The van der Waals surface area contributed by atoms with E-state index < -0.39 is 15.9 Å². The zero-order valence-electron chi connectivity index (χ0n) is 14.7. The lowest BCUT2D eigenvalue weighted by Gasteiger charge is -2.29. The highest BCUT2D eigenvalue weighted by molar-refractivity contribution is 7.91. The van der Waals surface area contributed by atoms with Crippen molar-refractivity contribution in [1.29, 1.82) is 0 Å². The summed E-state index contributed by atoms with van der Waals surface area (Å²) in [4.78, 5) is 17.7. The molecule has 1 amide bonds. The first-order valence-electron chi connectivity index (χ1n) is 8.63. The molecule has 1 aliphatic rings. The zero-order chi connectivity index (χ0) is 19.0. The fourth-order valence-electron chi connectivity index (χ4n) is 3.27. The van der Waals surface area contributed by atoms with Gasteiger partial charge in [-0.1, -0.05) is 29.5 Å². The van der Waals surface area contributed by atoms with Gasteiger partial charge in [0.2, 0.25) is 0 Å². The van der Waals surface area contributed by atoms with Crippen LogP contribution in [0.5, 0.6) is 0 Å². The van der Waals surface area contributed by atoms with E-state index in [2.05, 4.69) is 4.99 Å². The van der Waals surface area contributed by atoms with Crippen LogP contribution in [0.25, 0.3) is 10.2 Å². The Labute approximate surface area is 165 Å². The predicted molar refractivity (Wildman–Crippen MR) is 107 cm³/mol. The first kappa shape index (κ1) is 18.5. The molecule has 0 radical (unpaired) electrons. The second-order valence-corrected chi connectivity index (χ2v) is 10.6. The summed E-state index contributed by atoms with van der Waals surface area (Å²) < 4.78 is 30.2. The fourth-order valence-corrected chi connectivity index (χ4v) is 6.97. The third-order valence-corrected chi connectivity index (χ3v) is 9.09. The molecule has 3 aromatic rings. The molecule has 27 heavy (non-hydrogen) atoms. The van der Waals surface area contributed by atoms with Crippen molar-refractivity contribution < 1.29 is 13.2 Å². The maximum absolute atomic E-state index is 12.8. The van der Waals surface area contributed by atoms with Gasteiger partial charge >= 0.3 is 0 Å². The number of sulfonamides is 1. The number of hydrogen-bond acceptors (Lipinski definition) is 5. The van der Waals surface area contributed by atoms with Gasteiger partial charge in [0, 0.05) is 20.1 Å². The molecule has 1 saturated heterocycles. The van der Waals surface area contributed by atoms with Gasteiger partial charge in [-0.15, -0.1) is 11.3 Å². The molecule has 0 N–H and O–H groups in total. The van der Waals surface area contributed by atoms with E-state index in [0.29, 0.717) is 28.4 Å². The Balaban J connectivity index is 1.59. The number of thiophene rings is 1. The zero-order valence-corrected chi connectivity index (χ0v) is 17.2. The molecule has 3 heterocycles. The van der Waals surface area contributed by atoms with Gasteiger partial charge in [0.1, 0.15) is 4.21 Å². The summed E-state index contributed by atoms with van der Waals surface area (Å²) in [5.74, 6) is -0.651. The van der Waals surface area contributed by atoms with Crippen molar-refractivity contribution in [1.82, 2.24) is 8.87 Å². The first-order valence-corrected chi connectivity index (χ1v) is 11.8. The Bertz CT molecular complexity index is 1140. The van der Waals surface area contributed by atoms with Gasteiger partial charge < -0.3 is 4.57 Å². The maximum Gasteiger partial charge on any atom is 0.252 e. The number of aryl methyl sites for hydroxylation is 1. The normalized spacial score (nSPS) is 19.6. The van der Waals surface area contributed by atoms with Crippen molar-refractivity contribution in [2.75, 3.05) is 13.1 Å². The van der Waals surface area contributed by atoms with Crippen LogP contribution in [0.2, 0.25) is 0 Å². The third-order valence-electron chi connectivity index (χ3n) is 4.74. The summed E-state index contributed by atoms with van der Waals surface area (Å²) in [6, 6.07) is 11.2. The summed E-state index contributed by atoms with van der Waals surface area (Å²) in [6.07, 6.45) is 1.32. The molecule has 0 saturated carbocycles. The van der Waals surface area contributed by atoms with Crippen molar-refractivity contribution in [3.8, 4) is 0 Å². The number of benzene rings is 1. The molecule has 1 unspecified atom stereocenters. The lowest BCUT2D eigenvalue weighted by Crippen LogP contribution is -2.42. The molecule has 1 aliphatic heterocycles. The summed E-state index contributed by atoms with van der Waals surface area (Å²) in [6.45, 7) is 0.637. The van der Waals surface area contributed by atoms with Crippen LogP contribution in [0.3, 0.4) is 0 Å². The largest absolute Gasteiger partial charge is 0.319 e. The number of fused-ring (bicyclic) bond motifs is 1. The van der Waals surface area contributed by atoms with Gasteiger partial charge in [-0.25, -0.2) is 8.42 Å². The minimum Gasteiger partial charge on any atom is -0.319 e. The van der Waals surface area contributed by atoms with E-state index in [1.54, 1.807) is 17.5 Å².